The molecule has 5 nitrogen and oxygen atoms in total. The number of nitrogens with one attached hydrogen (secondary N) is 1. The molecule has 5 rings (SSSR count). The highest BCUT2D eigenvalue weighted by Crippen LogP contribution is 2.43. The van der Waals surface area contributed by atoms with Crippen LogP contribution in [0.25, 0.3) is 0 Å². The topological polar surface area (TPSA) is 53.9 Å². The van der Waals surface area contributed by atoms with Gasteiger partial charge in [-0.1, -0.05) is 54.1 Å². The van der Waals surface area contributed by atoms with Gasteiger partial charge >= 0.3 is 0 Å². The summed E-state index contributed by atoms with van der Waals surface area (Å²) in [4.78, 5) is 20.5. The number of ether oxygens (including phenoxy) is 1. The molecule has 6 heteroatoms. The SMILES string of the molecule is COc1ccc(C2C3=C(NCCN=C3c3ccc(Cl)cc3)C(=O)N2c2ccccc2)cc1. The fourth-order valence-electron chi connectivity index (χ4n) is 4.28. The first-order chi connectivity index (χ1) is 15.7. The van der Waals surface area contributed by atoms with Gasteiger partial charge in [-0.15, -0.1) is 0 Å². The van der Waals surface area contributed by atoms with Crippen molar-refractivity contribution in [2.45, 2.75) is 6.04 Å². The van der Waals surface area contributed by atoms with Crippen molar-refractivity contribution in [2.24, 2.45) is 4.99 Å². The highest BCUT2D eigenvalue weighted by molar-refractivity contribution is 6.31. The van der Waals surface area contributed by atoms with Crippen LogP contribution in [0.2, 0.25) is 5.02 Å². The molecule has 2 aliphatic heterocycles. The second-order valence-corrected chi connectivity index (χ2v) is 8.08. The number of anilines is 1. The zero-order valence-electron chi connectivity index (χ0n) is 17.6. The highest BCUT2D eigenvalue weighted by atomic mass is 35.5. The molecule has 0 aliphatic carbocycles. The molecule has 0 bridgehead atoms. The first-order valence-corrected chi connectivity index (χ1v) is 10.9. The van der Waals surface area contributed by atoms with Crippen molar-refractivity contribution in [1.29, 1.82) is 0 Å². The zero-order chi connectivity index (χ0) is 22.1. The summed E-state index contributed by atoms with van der Waals surface area (Å²) in [6, 6.07) is 24.9. The lowest BCUT2D eigenvalue weighted by atomic mass is 9.91. The summed E-state index contributed by atoms with van der Waals surface area (Å²) < 4.78 is 5.35. The molecule has 1 N–H and O–H groups in total. The highest BCUT2D eigenvalue weighted by Gasteiger charge is 2.43. The standard InChI is InChI=1S/C26H22ClN3O2/c1-32-21-13-9-18(10-14-21)25-22-23(17-7-11-19(27)12-8-17)28-15-16-29-24(22)26(31)30(25)20-5-3-2-4-6-20/h2-14,25,29H,15-16H2,1H3. The molecule has 3 aromatic rings. The monoisotopic (exact) mass is 443 g/mol. The third-order valence-electron chi connectivity index (χ3n) is 5.76. The Labute approximate surface area is 192 Å². The van der Waals surface area contributed by atoms with Crippen LogP contribution in [-0.2, 0) is 4.79 Å². The molecule has 2 heterocycles. The van der Waals surface area contributed by atoms with E-state index in [0.29, 0.717) is 23.8 Å². The Kier molecular flexibility index (Phi) is 5.41. The molecule has 1 unspecified atom stereocenters. The molecule has 0 radical (unpaired) electrons. The first kappa shape index (κ1) is 20.3. The van der Waals surface area contributed by atoms with Gasteiger partial charge < -0.3 is 10.1 Å². The van der Waals surface area contributed by atoms with Gasteiger partial charge in [0.05, 0.1) is 25.4 Å². The van der Waals surface area contributed by atoms with Crippen LogP contribution in [0.1, 0.15) is 17.2 Å². The van der Waals surface area contributed by atoms with Crippen molar-refractivity contribution in [3.8, 4) is 5.75 Å². The van der Waals surface area contributed by atoms with Gasteiger partial charge in [0.15, 0.2) is 0 Å². The van der Waals surface area contributed by atoms with Crippen LogP contribution in [0.3, 0.4) is 0 Å². The van der Waals surface area contributed by atoms with Crippen molar-refractivity contribution in [2.75, 3.05) is 25.1 Å². The third-order valence-corrected chi connectivity index (χ3v) is 6.01. The number of carbonyl (C=O) groups is 1. The van der Waals surface area contributed by atoms with E-state index in [1.807, 2.05) is 83.8 Å². The number of rotatable bonds is 4. The molecule has 1 atom stereocenters. The predicted molar refractivity (Wildman–Crippen MR) is 128 cm³/mol. The van der Waals surface area contributed by atoms with Crippen LogP contribution in [0, 0.1) is 0 Å². The summed E-state index contributed by atoms with van der Waals surface area (Å²) in [6.07, 6.45) is 0. The quantitative estimate of drug-likeness (QED) is 0.631. The second-order valence-electron chi connectivity index (χ2n) is 7.64. The number of benzene rings is 3. The van der Waals surface area contributed by atoms with Gasteiger partial charge in [0, 0.05) is 28.4 Å². The summed E-state index contributed by atoms with van der Waals surface area (Å²) in [5, 5.41) is 4.01. The summed E-state index contributed by atoms with van der Waals surface area (Å²) in [5.41, 5.74) is 5.05. The van der Waals surface area contributed by atoms with E-state index in [4.69, 9.17) is 21.3 Å². The average molecular weight is 444 g/mol. The van der Waals surface area contributed by atoms with Gasteiger partial charge in [0.25, 0.3) is 5.91 Å². The molecular formula is C26H22ClN3O2. The normalized spacial score (nSPS) is 18.1. The lowest BCUT2D eigenvalue weighted by molar-refractivity contribution is -0.115. The molecule has 160 valence electrons. The maximum Gasteiger partial charge on any atom is 0.275 e. The fourth-order valence-corrected chi connectivity index (χ4v) is 4.41. The zero-order valence-corrected chi connectivity index (χ0v) is 18.3. The molecule has 0 saturated heterocycles. The van der Waals surface area contributed by atoms with E-state index in [9.17, 15) is 4.79 Å². The van der Waals surface area contributed by atoms with E-state index < -0.39 is 0 Å². The number of halogens is 1. The summed E-state index contributed by atoms with van der Waals surface area (Å²) in [6.45, 7) is 1.18. The summed E-state index contributed by atoms with van der Waals surface area (Å²) in [7, 11) is 1.64. The van der Waals surface area contributed by atoms with E-state index in [1.54, 1.807) is 7.11 Å². The molecule has 0 saturated carbocycles. The van der Waals surface area contributed by atoms with Gasteiger partial charge in [0.1, 0.15) is 11.4 Å². The van der Waals surface area contributed by atoms with Gasteiger partial charge in [-0.25, -0.2) is 0 Å². The van der Waals surface area contributed by atoms with Crippen molar-refractivity contribution in [3.05, 3.63) is 106 Å². The third kappa shape index (κ3) is 3.55. The lowest BCUT2D eigenvalue weighted by Gasteiger charge is -2.28. The Morgan fingerprint density at radius 1 is 1.00 bits per heavy atom. The number of hydrogen-bond donors (Lipinski definition) is 1. The largest absolute Gasteiger partial charge is 0.497 e. The van der Waals surface area contributed by atoms with E-state index in [1.165, 1.54) is 0 Å². The van der Waals surface area contributed by atoms with E-state index in [-0.39, 0.29) is 11.9 Å². The van der Waals surface area contributed by atoms with Crippen LogP contribution >= 0.6 is 11.6 Å². The first-order valence-electron chi connectivity index (χ1n) is 10.5. The van der Waals surface area contributed by atoms with Crippen LogP contribution in [0.4, 0.5) is 5.69 Å². The molecule has 0 spiro atoms. The van der Waals surface area contributed by atoms with Crippen LogP contribution in [0.5, 0.6) is 5.75 Å². The Bertz CT molecular complexity index is 1200. The molecule has 3 aromatic carbocycles. The molecule has 1 amide bonds. The molecule has 0 fully saturated rings. The van der Waals surface area contributed by atoms with Crippen LogP contribution in [-0.4, -0.2) is 31.8 Å². The summed E-state index contributed by atoms with van der Waals surface area (Å²) in [5.74, 6) is 0.708. The minimum atomic E-state index is -0.328. The van der Waals surface area contributed by atoms with Crippen LogP contribution < -0.4 is 15.0 Å². The molecule has 0 aromatic heterocycles. The van der Waals surface area contributed by atoms with Gasteiger partial charge in [-0.2, -0.15) is 0 Å². The van der Waals surface area contributed by atoms with Crippen molar-refractivity contribution < 1.29 is 9.53 Å². The number of para-hydroxylation sites is 1. The molecular weight excluding hydrogens is 422 g/mol. The van der Waals surface area contributed by atoms with Gasteiger partial charge in [-0.3, -0.25) is 14.7 Å². The van der Waals surface area contributed by atoms with Crippen molar-refractivity contribution >= 4 is 28.9 Å². The van der Waals surface area contributed by atoms with Crippen molar-refractivity contribution in [3.63, 3.8) is 0 Å². The minimum absolute atomic E-state index is 0.0596. The smallest absolute Gasteiger partial charge is 0.275 e. The van der Waals surface area contributed by atoms with Crippen molar-refractivity contribution in [1.82, 2.24) is 5.32 Å². The number of aliphatic imine (C=N–C) groups is 1. The van der Waals surface area contributed by atoms with E-state index >= 15 is 0 Å². The molecule has 2 aliphatic rings. The molecule has 32 heavy (non-hydrogen) atoms. The van der Waals surface area contributed by atoms with Gasteiger partial charge in [0.2, 0.25) is 0 Å². The van der Waals surface area contributed by atoms with E-state index in [2.05, 4.69) is 5.32 Å². The van der Waals surface area contributed by atoms with Gasteiger partial charge in [-0.05, 0) is 42.0 Å². The minimum Gasteiger partial charge on any atom is -0.497 e. The maximum atomic E-state index is 13.7. The Morgan fingerprint density at radius 3 is 2.41 bits per heavy atom. The number of carbonyl (C=O) groups excluding carboxylic acids is 1. The Morgan fingerprint density at radius 2 is 1.72 bits per heavy atom. The van der Waals surface area contributed by atoms with E-state index in [0.717, 1.165) is 33.8 Å². The lowest BCUT2D eigenvalue weighted by Crippen LogP contribution is -2.33. The fraction of sp³-hybridized carbons (Fsp3) is 0.154. The average Bonchev–Trinajstić information content (AvgIpc) is 2.97. The van der Waals surface area contributed by atoms with Crippen LogP contribution in [0.15, 0.2) is 95.1 Å². The second kappa shape index (κ2) is 8.52. The number of hydrogen-bond acceptors (Lipinski definition) is 4. The predicted octanol–water partition coefficient (Wildman–Crippen LogP) is 4.78. The summed E-state index contributed by atoms with van der Waals surface area (Å²) >= 11 is 6.14. The Balaban J connectivity index is 1.70. The Hall–Kier alpha value is -3.57. The maximum absolute atomic E-state index is 13.7. The number of methoxy groups -OCH3 is 1. The number of nitrogens with zero attached hydrogens (tertiary/aromatic N) is 2. The number of amides is 1.